The maximum Gasteiger partial charge on any atom is 0.266 e. The van der Waals surface area contributed by atoms with E-state index in [1.165, 1.54) is 6.08 Å². The van der Waals surface area contributed by atoms with E-state index in [0.717, 1.165) is 11.1 Å². The number of rotatable bonds is 7. The summed E-state index contributed by atoms with van der Waals surface area (Å²) in [6.07, 6.45) is 4.99. The summed E-state index contributed by atoms with van der Waals surface area (Å²) in [7, 11) is 1.55. The van der Waals surface area contributed by atoms with Crippen molar-refractivity contribution >= 4 is 17.7 Å². The number of nitrogens with zero attached hydrogens (tertiary/aromatic N) is 2. The second kappa shape index (κ2) is 9.72. The van der Waals surface area contributed by atoms with Gasteiger partial charge < -0.3 is 14.8 Å². The molecule has 0 aliphatic carbocycles. The van der Waals surface area contributed by atoms with Gasteiger partial charge in [0.15, 0.2) is 0 Å². The molecule has 1 heterocycles. The Bertz CT molecular complexity index is 1040. The van der Waals surface area contributed by atoms with Crippen molar-refractivity contribution in [3.8, 4) is 17.6 Å². The topological polar surface area (TPSA) is 84.2 Å². The summed E-state index contributed by atoms with van der Waals surface area (Å²) in [5.41, 5.74) is 2.24. The van der Waals surface area contributed by atoms with Crippen LogP contribution in [-0.4, -0.2) is 18.0 Å². The number of amides is 1. The molecule has 2 aromatic carbocycles. The third-order valence-corrected chi connectivity index (χ3v) is 4.01. The lowest BCUT2D eigenvalue weighted by molar-refractivity contribution is -0.112. The SMILES string of the molecule is COc1cccc(NC(=O)/C(C#N)=C\c2ccc(OCc3cccnc3)cc2)c1. The number of carbonyl (C=O) groups is 1. The lowest BCUT2D eigenvalue weighted by atomic mass is 10.1. The zero-order valence-corrected chi connectivity index (χ0v) is 15.8. The minimum absolute atomic E-state index is 0.00292. The minimum atomic E-state index is -0.488. The van der Waals surface area contributed by atoms with Gasteiger partial charge in [0.25, 0.3) is 5.91 Å². The smallest absolute Gasteiger partial charge is 0.266 e. The van der Waals surface area contributed by atoms with Gasteiger partial charge in [-0.25, -0.2) is 0 Å². The van der Waals surface area contributed by atoms with E-state index in [1.807, 2.05) is 18.2 Å². The maximum atomic E-state index is 12.4. The standard InChI is InChI=1S/C23H19N3O3/c1-28-22-6-2-5-20(13-22)26-23(27)19(14-24)12-17-7-9-21(10-8-17)29-16-18-4-3-11-25-15-18/h2-13,15H,16H2,1H3,(H,26,27)/b19-12-. The van der Waals surface area contributed by atoms with Crippen LogP contribution in [0.4, 0.5) is 5.69 Å². The first-order valence-electron chi connectivity index (χ1n) is 8.87. The Morgan fingerprint density at radius 1 is 1.14 bits per heavy atom. The number of hydrogen-bond acceptors (Lipinski definition) is 5. The van der Waals surface area contributed by atoms with Gasteiger partial charge in [-0.3, -0.25) is 9.78 Å². The Morgan fingerprint density at radius 2 is 1.97 bits per heavy atom. The van der Waals surface area contributed by atoms with Crippen molar-refractivity contribution in [2.75, 3.05) is 12.4 Å². The van der Waals surface area contributed by atoms with E-state index in [2.05, 4.69) is 10.3 Å². The number of anilines is 1. The average Bonchev–Trinajstić information content (AvgIpc) is 2.77. The van der Waals surface area contributed by atoms with Crippen LogP contribution in [0.15, 0.2) is 78.6 Å². The van der Waals surface area contributed by atoms with E-state index in [-0.39, 0.29) is 5.57 Å². The molecule has 0 atom stereocenters. The van der Waals surface area contributed by atoms with Crippen molar-refractivity contribution in [2.24, 2.45) is 0 Å². The van der Waals surface area contributed by atoms with Gasteiger partial charge in [0, 0.05) is 29.7 Å². The summed E-state index contributed by atoms with van der Waals surface area (Å²) >= 11 is 0. The maximum absolute atomic E-state index is 12.4. The number of carbonyl (C=O) groups excluding carboxylic acids is 1. The van der Waals surface area contributed by atoms with Crippen LogP contribution in [0.5, 0.6) is 11.5 Å². The molecule has 0 fully saturated rings. The third kappa shape index (κ3) is 5.68. The second-order valence-corrected chi connectivity index (χ2v) is 6.07. The second-order valence-electron chi connectivity index (χ2n) is 6.07. The van der Waals surface area contributed by atoms with Gasteiger partial charge in [0.1, 0.15) is 29.7 Å². The molecule has 1 aromatic heterocycles. The van der Waals surface area contributed by atoms with Crippen molar-refractivity contribution < 1.29 is 14.3 Å². The summed E-state index contributed by atoms with van der Waals surface area (Å²) < 4.78 is 10.8. The molecule has 3 rings (SSSR count). The number of aromatic nitrogens is 1. The lowest BCUT2D eigenvalue weighted by Crippen LogP contribution is -2.13. The number of ether oxygens (including phenoxy) is 2. The van der Waals surface area contributed by atoms with Crippen LogP contribution in [0.2, 0.25) is 0 Å². The van der Waals surface area contributed by atoms with E-state index >= 15 is 0 Å². The molecule has 6 nitrogen and oxygen atoms in total. The van der Waals surface area contributed by atoms with E-state index in [0.29, 0.717) is 23.8 Å². The highest BCUT2D eigenvalue weighted by Crippen LogP contribution is 2.19. The van der Waals surface area contributed by atoms with Crippen molar-refractivity contribution in [3.05, 3.63) is 89.8 Å². The van der Waals surface area contributed by atoms with Gasteiger partial charge in [0.2, 0.25) is 0 Å². The number of pyridine rings is 1. The quantitative estimate of drug-likeness (QED) is 0.486. The van der Waals surface area contributed by atoms with Gasteiger partial charge in [0.05, 0.1) is 7.11 Å². The molecule has 0 spiro atoms. The summed E-state index contributed by atoms with van der Waals surface area (Å²) in [4.78, 5) is 16.4. The molecule has 0 aliphatic rings. The highest BCUT2D eigenvalue weighted by Gasteiger charge is 2.10. The Balaban J connectivity index is 1.65. The third-order valence-electron chi connectivity index (χ3n) is 4.01. The largest absolute Gasteiger partial charge is 0.497 e. The highest BCUT2D eigenvalue weighted by molar-refractivity contribution is 6.09. The molecule has 0 aliphatic heterocycles. The van der Waals surface area contributed by atoms with Crippen molar-refractivity contribution in [1.82, 2.24) is 4.98 Å². The Morgan fingerprint density at radius 3 is 2.66 bits per heavy atom. The molecule has 144 valence electrons. The van der Waals surface area contributed by atoms with Crippen LogP contribution in [0.1, 0.15) is 11.1 Å². The molecule has 0 unspecified atom stereocenters. The zero-order chi connectivity index (χ0) is 20.5. The minimum Gasteiger partial charge on any atom is -0.497 e. The van der Waals surface area contributed by atoms with Gasteiger partial charge in [-0.2, -0.15) is 5.26 Å². The highest BCUT2D eigenvalue weighted by atomic mass is 16.5. The fraction of sp³-hybridized carbons (Fsp3) is 0.0870. The van der Waals surface area contributed by atoms with Crippen LogP contribution >= 0.6 is 0 Å². The van der Waals surface area contributed by atoms with Crippen molar-refractivity contribution in [2.45, 2.75) is 6.61 Å². The molecule has 0 radical (unpaired) electrons. The number of nitrogens with one attached hydrogen (secondary N) is 1. The predicted octanol–water partition coefficient (Wildman–Crippen LogP) is 4.21. The zero-order valence-electron chi connectivity index (χ0n) is 15.8. The van der Waals surface area contributed by atoms with E-state index in [9.17, 15) is 10.1 Å². The molecule has 0 saturated heterocycles. The molecule has 29 heavy (non-hydrogen) atoms. The van der Waals surface area contributed by atoms with Crippen LogP contribution in [0, 0.1) is 11.3 Å². The normalized spacial score (nSPS) is 10.7. The molecule has 3 aromatic rings. The first-order chi connectivity index (χ1) is 14.2. The van der Waals surface area contributed by atoms with Crippen LogP contribution in [-0.2, 0) is 11.4 Å². The van der Waals surface area contributed by atoms with Crippen LogP contribution < -0.4 is 14.8 Å². The van der Waals surface area contributed by atoms with Gasteiger partial charge in [-0.15, -0.1) is 0 Å². The summed E-state index contributed by atoms with van der Waals surface area (Å²) in [5.74, 6) is 0.815. The molecular weight excluding hydrogens is 366 g/mol. The van der Waals surface area contributed by atoms with Crippen molar-refractivity contribution in [1.29, 1.82) is 5.26 Å². The average molecular weight is 385 g/mol. The molecule has 1 amide bonds. The first-order valence-corrected chi connectivity index (χ1v) is 8.87. The molecular formula is C23H19N3O3. The van der Waals surface area contributed by atoms with Crippen LogP contribution in [0.25, 0.3) is 6.08 Å². The molecule has 0 saturated carbocycles. The summed E-state index contributed by atoms with van der Waals surface area (Å²) in [6.45, 7) is 0.412. The lowest BCUT2D eigenvalue weighted by Gasteiger charge is -2.07. The molecule has 0 bridgehead atoms. The molecule has 1 N–H and O–H groups in total. The van der Waals surface area contributed by atoms with Gasteiger partial charge >= 0.3 is 0 Å². The summed E-state index contributed by atoms with van der Waals surface area (Å²) in [6, 6.07) is 19.8. The van der Waals surface area contributed by atoms with Gasteiger partial charge in [-0.05, 0) is 42.0 Å². The summed E-state index contributed by atoms with van der Waals surface area (Å²) in [5, 5.41) is 12.1. The van der Waals surface area contributed by atoms with Crippen molar-refractivity contribution in [3.63, 3.8) is 0 Å². The van der Waals surface area contributed by atoms with Crippen LogP contribution in [0.3, 0.4) is 0 Å². The van der Waals surface area contributed by atoms with Gasteiger partial charge in [-0.1, -0.05) is 24.3 Å². The Hall–Kier alpha value is -4.11. The number of methoxy groups -OCH3 is 1. The number of benzene rings is 2. The fourth-order valence-electron chi connectivity index (χ4n) is 2.52. The monoisotopic (exact) mass is 385 g/mol. The fourth-order valence-corrected chi connectivity index (χ4v) is 2.52. The Kier molecular flexibility index (Phi) is 6.58. The predicted molar refractivity (Wildman–Crippen MR) is 110 cm³/mol. The number of hydrogen-bond donors (Lipinski definition) is 1. The van der Waals surface area contributed by atoms with E-state index in [1.54, 1.807) is 68.0 Å². The van der Waals surface area contributed by atoms with E-state index in [4.69, 9.17) is 9.47 Å². The van der Waals surface area contributed by atoms with E-state index < -0.39 is 5.91 Å². The number of nitriles is 1. The Labute approximate surface area is 169 Å². The molecule has 6 heteroatoms. The first kappa shape index (κ1) is 19.6.